The Morgan fingerprint density at radius 2 is 1.96 bits per heavy atom. The van der Waals surface area contributed by atoms with Crippen molar-refractivity contribution in [1.82, 2.24) is 9.97 Å². The highest BCUT2D eigenvalue weighted by Gasteiger charge is 2.22. The Morgan fingerprint density at radius 3 is 2.61 bits per heavy atom. The molecule has 0 spiro atoms. The van der Waals surface area contributed by atoms with Crippen LogP contribution >= 0.6 is 11.6 Å². The van der Waals surface area contributed by atoms with Crippen LogP contribution in [0.4, 0.5) is 0 Å². The van der Waals surface area contributed by atoms with Gasteiger partial charge in [0.05, 0.1) is 5.02 Å². The van der Waals surface area contributed by atoms with E-state index in [1.807, 2.05) is 0 Å². The Kier molecular flexibility index (Phi) is 3.88. The molecule has 6 heteroatoms. The fourth-order valence-electron chi connectivity index (χ4n) is 2.42. The molecule has 0 aromatic carbocycles. The lowest BCUT2D eigenvalue weighted by Crippen LogP contribution is -2.08. The fraction of sp³-hybridized carbons (Fsp3) is 0.118. The van der Waals surface area contributed by atoms with Gasteiger partial charge in [-0.05, 0) is 31.5 Å². The van der Waals surface area contributed by atoms with Gasteiger partial charge in [0.15, 0.2) is 5.76 Å². The van der Waals surface area contributed by atoms with Crippen molar-refractivity contribution < 1.29 is 9.52 Å². The molecular weight excluding hydrogens is 316 g/mol. The van der Waals surface area contributed by atoms with Crippen LogP contribution in [-0.2, 0) is 0 Å². The van der Waals surface area contributed by atoms with Crippen molar-refractivity contribution in [3.8, 4) is 28.3 Å². The van der Waals surface area contributed by atoms with E-state index in [1.54, 1.807) is 44.4 Å². The van der Waals surface area contributed by atoms with Crippen molar-refractivity contribution in [2.45, 2.75) is 13.8 Å². The number of aromatic nitrogens is 2. The summed E-state index contributed by atoms with van der Waals surface area (Å²) in [5.41, 5.74) is 1.35. The molecule has 0 atom stereocenters. The highest BCUT2D eigenvalue weighted by Crippen LogP contribution is 2.38. The standard InChI is InChI=1S/C17H13ClN2O3/c1-9-7-19-8-11(18)13(9)14-15(21)10(2)16(23-17(14)22)12-5-3-4-6-20-12/h3-8,21H,1-2H3. The molecule has 0 radical (unpaired) electrons. The number of hydrogen-bond donors (Lipinski definition) is 1. The molecule has 0 aliphatic rings. The molecule has 3 heterocycles. The second-order valence-electron chi connectivity index (χ2n) is 5.10. The molecule has 0 saturated heterocycles. The molecule has 0 fully saturated rings. The van der Waals surface area contributed by atoms with Crippen LogP contribution in [0.1, 0.15) is 11.1 Å². The molecule has 0 unspecified atom stereocenters. The summed E-state index contributed by atoms with van der Waals surface area (Å²) in [7, 11) is 0. The topological polar surface area (TPSA) is 76.2 Å². The third-order valence-corrected chi connectivity index (χ3v) is 3.85. The average Bonchev–Trinajstić information content (AvgIpc) is 2.54. The zero-order valence-electron chi connectivity index (χ0n) is 12.5. The first-order valence-corrected chi connectivity index (χ1v) is 7.27. The molecule has 116 valence electrons. The van der Waals surface area contributed by atoms with Gasteiger partial charge in [0.2, 0.25) is 0 Å². The first-order valence-electron chi connectivity index (χ1n) is 6.89. The van der Waals surface area contributed by atoms with E-state index in [1.165, 1.54) is 6.20 Å². The minimum absolute atomic E-state index is 0.0343. The molecule has 0 bridgehead atoms. The van der Waals surface area contributed by atoms with Gasteiger partial charge in [0, 0.05) is 29.7 Å². The molecule has 3 aromatic rings. The third kappa shape index (κ3) is 2.59. The SMILES string of the molecule is Cc1cncc(Cl)c1-c1c(O)c(C)c(-c2ccccn2)oc1=O. The summed E-state index contributed by atoms with van der Waals surface area (Å²) in [5, 5.41) is 10.8. The van der Waals surface area contributed by atoms with E-state index in [-0.39, 0.29) is 22.1 Å². The highest BCUT2D eigenvalue weighted by molar-refractivity contribution is 6.33. The first kappa shape index (κ1) is 15.2. The molecule has 0 aliphatic carbocycles. The van der Waals surface area contributed by atoms with Gasteiger partial charge in [-0.2, -0.15) is 0 Å². The van der Waals surface area contributed by atoms with Crippen molar-refractivity contribution in [2.24, 2.45) is 0 Å². The Labute approximate surface area is 137 Å². The molecule has 3 aromatic heterocycles. The largest absolute Gasteiger partial charge is 0.507 e. The first-order chi connectivity index (χ1) is 11.0. The number of halogens is 1. The van der Waals surface area contributed by atoms with Crippen LogP contribution in [0.2, 0.25) is 5.02 Å². The van der Waals surface area contributed by atoms with Gasteiger partial charge in [-0.1, -0.05) is 17.7 Å². The lowest BCUT2D eigenvalue weighted by Gasteiger charge is -2.12. The zero-order chi connectivity index (χ0) is 16.6. The lowest BCUT2D eigenvalue weighted by atomic mass is 10.0. The van der Waals surface area contributed by atoms with Gasteiger partial charge >= 0.3 is 5.63 Å². The van der Waals surface area contributed by atoms with Gasteiger partial charge in [-0.3, -0.25) is 9.97 Å². The number of nitrogens with zero attached hydrogens (tertiary/aromatic N) is 2. The number of aromatic hydroxyl groups is 1. The van der Waals surface area contributed by atoms with Gasteiger partial charge in [-0.25, -0.2) is 4.79 Å². The highest BCUT2D eigenvalue weighted by atomic mass is 35.5. The number of hydrogen-bond acceptors (Lipinski definition) is 5. The minimum atomic E-state index is -0.676. The molecular formula is C17H13ClN2O3. The summed E-state index contributed by atoms with van der Waals surface area (Å²) in [4.78, 5) is 20.6. The van der Waals surface area contributed by atoms with Crippen LogP contribution in [0, 0.1) is 13.8 Å². The monoisotopic (exact) mass is 328 g/mol. The van der Waals surface area contributed by atoms with Crippen LogP contribution in [0.3, 0.4) is 0 Å². The van der Waals surface area contributed by atoms with E-state index in [4.69, 9.17) is 16.0 Å². The fourth-order valence-corrected chi connectivity index (χ4v) is 2.72. The van der Waals surface area contributed by atoms with E-state index in [9.17, 15) is 9.90 Å². The van der Waals surface area contributed by atoms with Crippen molar-refractivity contribution in [1.29, 1.82) is 0 Å². The number of pyridine rings is 2. The minimum Gasteiger partial charge on any atom is -0.507 e. The maximum atomic E-state index is 12.5. The van der Waals surface area contributed by atoms with E-state index < -0.39 is 5.63 Å². The molecule has 23 heavy (non-hydrogen) atoms. The van der Waals surface area contributed by atoms with Crippen LogP contribution in [0.15, 0.2) is 46.0 Å². The van der Waals surface area contributed by atoms with Crippen molar-refractivity contribution >= 4 is 11.6 Å². The van der Waals surface area contributed by atoms with Crippen molar-refractivity contribution in [3.63, 3.8) is 0 Å². The average molecular weight is 329 g/mol. The summed E-state index contributed by atoms with van der Waals surface area (Å²) in [6.45, 7) is 3.42. The quantitative estimate of drug-likeness (QED) is 0.775. The Morgan fingerprint density at radius 1 is 1.17 bits per heavy atom. The Bertz CT molecular complexity index is 916. The maximum absolute atomic E-state index is 12.5. The number of aryl methyl sites for hydroxylation is 1. The zero-order valence-corrected chi connectivity index (χ0v) is 13.3. The summed E-state index contributed by atoms with van der Waals surface area (Å²) in [5.74, 6) is 0.0674. The van der Waals surface area contributed by atoms with Gasteiger partial charge in [0.1, 0.15) is 17.0 Å². The van der Waals surface area contributed by atoms with Gasteiger partial charge in [0.25, 0.3) is 0 Å². The van der Waals surface area contributed by atoms with Crippen LogP contribution < -0.4 is 5.63 Å². The van der Waals surface area contributed by atoms with Crippen LogP contribution in [0.25, 0.3) is 22.6 Å². The Hall–Kier alpha value is -2.66. The summed E-state index contributed by atoms with van der Waals surface area (Å²) >= 11 is 6.15. The van der Waals surface area contributed by atoms with Crippen LogP contribution in [-0.4, -0.2) is 15.1 Å². The normalized spacial score (nSPS) is 10.7. The van der Waals surface area contributed by atoms with E-state index in [0.29, 0.717) is 22.4 Å². The molecule has 3 rings (SSSR count). The molecule has 1 N–H and O–H groups in total. The second-order valence-corrected chi connectivity index (χ2v) is 5.50. The summed E-state index contributed by atoms with van der Waals surface area (Å²) in [6, 6.07) is 5.23. The molecule has 0 amide bonds. The van der Waals surface area contributed by atoms with Crippen molar-refractivity contribution in [3.05, 3.63) is 63.4 Å². The summed E-state index contributed by atoms with van der Waals surface area (Å²) in [6.07, 6.45) is 4.58. The molecule has 0 aliphatic heterocycles. The van der Waals surface area contributed by atoms with Crippen LogP contribution in [0.5, 0.6) is 5.75 Å². The van der Waals surface area contributed by atoms with E-state index >= 15 is 0 Å². The predicted octanol–water partition coefficient (Wildman–Crippen LogP) is 3.74. The van der Waals surface area contributed by atoms with E-state index in [2.05, 4.69) is 9.97 Å². The number of rotatable bonds is 2. The predicted molar refractivity (Wildman–Crippen MR) is 87.6 cm³/mol. The lowest BCUT2D eigenvalue weighted by molar-refractivity contribution is 0.449. The van der Waals surface area contributed by atoms with Gasteiger partial charge in [-0.15, -0.1) is 0 Å². The third-order valence-electron chi connectivity index (χ3n) is 3.57. The van der Waals surface area contributed by atoms with Gasteiger partial charge < -0.3 is 9.52 Å². The molecule has 0 saturated carbocycles. The van der Waals surface area contributed by atoms with Crippen molar-refractivity contribution in [2.75, 3.05) is 0 Å². The van der Waals surface area contributed by atoms with E-state index in [0.717, 1.165) is 0 Å². The summed E-state index contributed by atoms with van der Waals surface area (Å²) < 4.78 is 5.41. The smallest absolute Gasteiger partial charge is 0.348 e. The second kappa shape index (κ2) is 5.85. The molecule has 5 nitrogen and oxygen atoms in total. The maximum Gasteiger partial charge on any atom is 0.348 e. The Balaban J connectivity index is 2.31.